The van der Waals surface area contributed by atoms with Crippen LogP contribution in [0.1, 0.15) is 25.5 Å². The average Bonchev–Trinajstić information content (AvgIpc) is 3.17. The molecule has 0 saturated carbocycles. The van der Waals surface area contributed by atoms with Crippen molar-refractivity contribution in [3.8, 4) is 0 Å². The van der Waals surface area contributed by atoms with Crippen LogP contribution in [-0.4, -0.2) is 66.6 Å². The molecule has 0 radical (unpaired) electrons. The number of likely N-dealkylation sites (tertiary alicyclic amines) is 1. The molecular weight excluding hydrogens is 433 g/mol. The van der Waals surface area contributed by atoms with Crippen LogP contribution in [0.25, 0.3) is 0 Å². The van der Waals surface area contributed by atoms with Gasteiger partial charge < -0.3 is 25.0 Å². The summed E-state index contributed by atoms with van der Waals surface area (Å²) in [6.07, 6.45) is 3.38. The van der Waals surface area contributed by atoms with Crippen molar-refractivity contribution in [2.24, 2.45) is 12.0 Å². The molecule has 25 heavy (non-hydrogen) atoms. The molecule has 1 saturated heterocycles. The third-order valence-corrected chi connectivity index (χ3v) is 4.30. The summed E-state index contributed by atoms with van der Waals surface area (Å²) in [5, 5.41) is 6.72. The number of imidazole rings is 1. The number of aliphatic imine (C=N–C) groups is 1. The van der Waals surface area contributed by atoms with Gasteiger partial charge in [-0.25, -0.2) is 4.98 Å². The Labute approximate surface area is 167 Å². The number of halogens is 1. The predicted octanol–water partition coefficient (Wildman–Crippen LogP) is 0.780. The van der Waals surface area contributed by atoms with Crippen molar-refractivity contribution < 1.29 is 4.79 Å². The molecule has 0 aliphatic carbocycles. The van der Waals surface area contributed by atoms with Crippen molar-refractivity contribution in [1.29, 1.82) is 0 Å². The van der Waals surface area contributed by atoms with Gasteiger partial charge in [-0.1, -0.05) is 6.92 Å². The van der Waals surface area contributed by atoms with Crippen molar-refractivity contribution in [3.05, 3.63) is 11.9 Å². The smallest absolute Gasteiger partial charge is 0.222 e. The molecule has 0 spiro atoms. The first-order valence-electron chi connectivity index (χ1n) is 8.39. The lowest BCUT2D eigenvalue weighted by molar-refractivity contribution is -0.129. The highest BCUT2D eigenvalue weighted by Crippen LogP contribution is 2.12. The standard InChI is InChI=1S/C16H29N7O.HI/c1-6-14(24)23-8-7-12(11-23)20-15(17-2)18-9-13-10-19-16(21(3)4)22(13)5;/h10,12H,6-9,11H2,1-5H3,(H2,17,18,20);1H. The van der Waals surface area contributed by atoms with Crippen LogP contribution in [0.4, 0.5) is 5.95 Å². The summed E-state index contributed by atoms with van der Waals surface area (Å²) < 4.78 is 2.05. The minimum absolute atomic E-state index is 0. The van der Waals surface area contributed by atoms with Gasteiger partial charge in [-0.15, -0.1) is 24.0 Å². The number of carbonyl (C=O) groups is 1. The Bertz CT molecular complexity index is 599. The second kappa shape index (κ2) is 9.83. The van der Waals surface area contributed by atoms with E-state index in [1.165, 1.54) is 0 Å². The molecule has 142 valence electrons. The normalized spacial score (nSPS) is 17.2. The van der Waals surface area contributed by atoms with Gasteiger partial charge in [0.05, 0.1) is 18.4 Å². The zero-order valence-electron chi connectivity index (χ0n) is 15.7. The van der Waals surface area contributed by atoms with Gasteiger partial charge in [-0.05, 0) is 6.42 Å². The van der Waals surface area contributed by atoms with E-state index in [0.29, 0.717) is 13.0 Å². The molecule has 1 fully saturated rings. The molecule has 2 heterocycles. The van der Waals surface area contributed by atoms with E-state index in [-0.39, 0.29) is 35.9 Å². The molecule has 1 unspecified atom stereocenters. The summed E-state index contributed by atoms with van der Waals surface area (Å²) >= 11 is 0. The van der Waals surface area contributed by atoms with Gasteiger partial charge in [-0.3, -0.25) is 9.79 Å². The summed E-state index contributed by atoms with van der Waals surface area (Å²) in [5.74, 6) is 1.88. The lowest BCUT2D eigenvalue weighted by Crippen LogP contribution is -2.44. The third kappa shape index (κ3) is 5.48. The number of anilines is 1. The van der Waals surface area contributed by atoms with Gasteiger partial charge in [0.2, 0.25) is 11.9 Å². The van der Waals surface area contributed by atoms with E-state index < -0.39 is 0 Å². The number of rotatable bonds is 5. The number of hydrogen-bond donors (Lipinski definition) is 2. The molecule has 0 aromatic carbocycles. The van der Waals surface area contributed by atoms with Crippen LogP contribution in [0, 0.1) is 0 Å². The van der Waals surface area contributed by atoms with Gasteiger partial charge in [0.1, 0.15) is 0 Å². The molecule has 1 aliphatic heterocycles. The monoisotopic (exact) mass is 463 g/mol. The molecular formula is C16H30IN7O. The number of aromatic nitrogens is 2. The number of nitrogens with zero attached hydrogens (tertiary/aromatic N) is 5. The Balaban J connectivity index is 0.00000312. The van der Waals surface area contributed by atoms with E-state index in [0.717, 1.165) is 37.1 Å². The molecule has 9 heteroatoms. The molecule has 2 rings (SSSR count). The summed E-state index contributed by atoms with van der Waals surface area (Å²) in [7, 11) is 7.71. The van der Waals surface area contributed by atoms with Gasteiger partial charge in [0, 0.05) is 53.7 Å². The maximum absolute atomic E-state index is 11.8. The van der Waals surface area contributed by atoms with Gasteiger partial charge in [0.15, 0.2) is 5.96 Å². The van der Waals surface area contributed by atoms with Crippen LogP contribution in [0.3, 0.4) is 0 Å². The SMILES string of the molecule is CCC(=O)N1CCC(NC(=NC)NCc2cnc(N(C)C)n2C)C1.I. The maximum Gasteiger partial charge on any atom is 0.222 e. The molecule has 8 nitrogen and oxygen atoms in total. The first kappa shape index (κ1) is 21.5. The molecule has 1 aliphatic rings. The summed E-state index contributed by atoms with van der Waals surface area (Å²) in [4.78, 5) is 24.3. The summed E-state index contributed by atoms with van der Waals surface area (Å²) in [6.45, 7) is 4.10. The van der Waals surface area contributed by atoms with Gasteiger partial charge >= 0.3 is 0 Å². The Morgan fingerprint density at radius 1 is 1.48 bits per heavy atom. The molecule has 0 bridgehead atoms. The van der Waals surface area contributed by atoms with Crippen molar-refractivity contribution in [3.63, 3.8) is 0 Å². The van der Waals surface area contributed by atoms with Crippen LogP contribution in [0.2, 0.25) is 0 Å². The number of guanidine groups is 1. The number of amides is 1. The molecule has 2 N–H and O–H groups in total. The highest BCUT2D eigenvalue weighted by Gasteiger charge is 2.25. The minimum atomic E-state index is 0. The Hall–Kier alpha value is -1.52. The van der Waals surface area contributed by atoms with Crippen molar-refractivity contribution >= 4 is 41.8 Å². The van der Waals surface area contributed by atoms with E-state index in [2.05, 4.69) is 25.2 Å². The van der Waals surface area contributed by atoms with E-state index in [4.69, 9.17) is 0 Å². The molecule has 1 amide bonds. The maximum atomic E-state index is 11.8. The predicted molar refractivity (Wildman–Crippen MR) is 112 cm³/mol. The highest BCUT2D eigenvalue weighted by molar-refractivity contribution is 14.0. The quantitative estimate of drug-likeness (QED) is 0.384. The summed E-state index contributed by atoms with van der Waals surface area (Å²) in [5.41, 5.74) is 1.08. The Kier molecular flexibility index (Phi) is 8.46. The van der Waals surface area contributed by atoms with Crippen molar-refractivity contribution in [2.45, 2.75) is 32.4 Å². The first-order valence-corrected chi connectivity index (χ1v) is 8.39. The Morgan fingerprint density at radius 3 is 2.76 bits per heavy atom. The zero-order chi connectivity index (χ0) is 17.7. The fourth-order valence-electron chi connectivity index (χ4n) is 2.90. The lowest BCUT2D eigenvalue weighted by atomic mass is 10.3. The van der Waals surface area contributed by atoms with Crippen LogP contribution < -0.4 is 15.5 Å². The molecule has 1 atom stereocenters. The summed E-state index contributed by atoms with van der Waals surface area (Å²) in [6, 6.07) is 0.246. The number of nitrogens with one attached hydrogen (secondary N) is 2. The van der Waals surface area contributed by atoms with Gasteiger partial charge in [0.25, 0.3) is 0 Å². The van der Waals surface area contributed by atoms with Crippen molar-refractivity contribution in [2.75, 3.05) is 39.1 Å². The number of hydrogen-bond acceptors (Lipinski definition) is 4. The third-order valence-electron chi connectivity index (χ3n) is 4.30. The van der Waals surface area contributed by atoms with Gasteiger partial charge in [-0.2, -0.15) is 0 Å². The van der Waals surface area contributed by atoms with Crippen molar-refractivity contribution in [1.82, 2.24) is 25.1 Å². The second-order valence-electron chi connectivity index (χ2n) is 6.25. The van der Waals surface area contributed by atoms with E-state index in [1.54, 1.807) is 7.05 Å². The topological polar surface area (TPSA) is 77.8 Å². The number of carbonyl (C=O) groups excluding carboxylic acids is 1. The largest absolute Gasteiger partial charge is 0.352 e. The van der Waals surface area contributed by atoms with Crippen LogP contribution in [0.5, 0.6) is 0 Å². The van der Waals surface area contributed by atoms with E-state index in [9.17, 15) is 4.79 Å². The fourth-order valence-corrected chi connectivity index (χ4v) is 2.90. The first-order chi connectivity index (χ1) is 11.5. The Morgan fingerprint density at radius 2 is 2.20 bits per heavy atom. The lowest BCUT2D eigenvalue weighted by Gasteiger charge is -2.19. The second-order valence-corrected chi connectivity index (χ2v) is 6.25. The highest BCUT2D eigenvalue weighted by atomic mass is 127. The van der Waals surface area contributed by atoms with E-state index >= 15 is 0 Å². The minimum Gasteiger partial charge on any atom is -0.352 e. The van der Waals surface area contributed by atoms with Crippen LogP contribution >= 0.6 is 24.0 Å². The van der Waals surface area contributed by atoms with Crippen LogP contribution in [0.15, 0.2) is 11.2 Å². The average molecular weight is 463 g/mol. The molecule has 1 aromatic heterocycles. The zero-order valence-corrected chi connectivity index (χ0v) is 18.1. The van der Waals surface area contributed by atoms with E-state index in [1.807, 2.05) is 44.1 Å². The van der Waals surface area contributed by atoms with Crippen LogP contribution in [-0.2, 0) is 18.4 Å². The molecule has 1 aromatic rings. The fraction of sp³-hybridized carbons (Fsp3) is 0.688.